The number of hydrogen-bond donors (Lipinski definition) is 1. The van der Waals surface area contributed by atoms with Gasteiger partial charge >= 0.3 is 5.97 Å². The number of fused-ring (bicyclic) bond motifs is 7. The lowest BCUT2D eigenvalue weighted by molar-refractivity contribution is -0.230. The molecule has 0 saturated heterocycles. The molecule has 0 spiro atoms. The Morgan fingerprint density at radius 2 is 1.67 bits per heavy atom. The highest BCUT2D eigenvalue weighted by molar-refractivity contribution is 6.42. The number of carbonyl (C=O) groups is 2. The van der Waals surface area contributed by atoms with Crippen LogP contribution in [-0.2, 0) is 14.3 Å². The van der Waals surface area contributed by atoms with E-state index in [9.17, 15) is 14.8 Å². The van der Waals surface area contributed by atoms with Crippen molar-refractivity contribution in [2.45, 2.75) is 99.3 Å². The van der Waals surface area contributed by atoms with Crippen LogP contribution in [0.2, 0.25) is 0 Å². The molecule has 0 heterocycles. The fraction of sp³-hybridized carbons (Fsp3) is 0.839. The maximum absolute atomic E-state index is 13.4. The molecule has 200 valence electrons. The van der Waals surface area contributed by atoms with E-state index >= 15 is 0 Å². The molecule has 0 radical (unpaired) electrons. The SMILES string of the molecule is C=C(C)[C@@H]1CC[C@]2(C(=O)OC)CC[C@]3(C)[C@H](CC[C@@H]4[C@@]5(C)C/C(=N\O)C(=O)C(C)(C)[C@@H]5CC[C@]43C)[C@@H]12. The van der Waals surface area contributed by atoms with Crippen LogP contribution in [0, 0.1) is 56.7 Å². The van der Waals surface area contributed by atoms with E-state index in [0.717, 1.165) is 51.4 Å². The first-order valence-corrected chi connectivity index (χ1v) is 14.2. The number of ketones is 1. The molecule has 0 aromatic carbocycles. The highest BCUT2D eigenvalue weighted by Crippen LogP contribution is 2.77. The molecule has 0 aliphatic heterocycles. The minimum Gasteiger partial charge on any atom is -0.469 e. The van der Waals surface area contributed by atoms with Crippen LogP contribution < -0.4 is 0 Å². The van der Waals surface area contributed by atoms with Gasteiger partial charge in [-0.15, -0.1) is 0 Å². The van der Waals surface area contributed by atoms with Crippen LogP contribution in [-0.4, -0.2) is 29.8 Å². The monoisotopic (exact) mass is 497 g/mol. The van der Waals surface area contributed by atoms with Gasteiger partial charge in [0.2, 0.25) is 0 Å². The lowest BCUT2D eigenvalue weighted by Gasteiger charge is -2.72. The molecule has 36 heavy (non-hydrogen) atoms. The molecule has 5 rings (SSSR count). The van der Waals surface area contributed by atoms with Crippen LogP contribution in [0.1, 0.15) is 99.3 Å². The van der Waals surface area contributed by atoms with E-state index < -0.39 is 5.41 Å². The Balaban J connectivity index is 1.59. The normalized spacial score (nSPS) is 50.5. The summed E-state index contributed by atoms with van der Waals surface area (Å²) in [6.45, 7) is 18.1. The average Bonchev–Trinajstić information content (AvgIpc) is 3.22. The predicted octanol–water partition coefficient (Wildman–Crippen LogP) is 6.83. The maximum Gasteiger partial charge on any atom is 0.312 e. The summed E-state index contributed by atoms with van der Waals surface area (Å²) in [4.78, 5) is 26.6. The van der Waals surface area contributed by atoms with Crippen LogP contribution in [0.3, 0.4) is 0 Å². The van der Waals surface area contributed by atoms with Gasteiger partial charge in [0.15, 0.2) is 5.78 Å². The lowest BCUT2D eigenvalue weighted by atomic mass is 9.32. The van der Waals surface area contributed by atoms with E-state index in [1.807, 2.05) is 0 Å². The lowest BCUT2D eigenvalue weighted by Crippen LogP contribution is -2.67. The molecule has 5 fully saturated rings. The molecule has 5 heteroatoms. The van der Waals surface area contributed by atoms with Crippen molar-refractivity contribution in [1.82, 2.24) is 0 Å². The molecule has 0 aromatic heterocycles. The second kappa shape index (κ2) is 7.93. The van der Waals surface area contributed by atoms with Gasteiger partial charge in [-0.3, -0.25) is 9.59 Å². The van der Waals surface area contributed by atoms with E-state index in [2.05, 4.69) is 53.3 Å². The minimum absolute atomic E-state index is 0.00223. The summed E-state index contributed by atoms with van der Waals surface area (Å²) in [6, 6.07) is 0. The standard InChI is InChI=1S/C31H47NO4/c1-18(2)19-11-14-31(26(34)36-8)16-15-29(6)20(24(19)31)9-10-23-28(5)17-21(32-35)25(33)27(3,4)22(28)12-13-30(23,29)7/h19-20,22-24,35H,1,9-17H2,2-8H3/b32-21+/t19-,20+,22-,23+,24+,28-,29+,30+,31-/m0/s1. The number of hydrogen-bond acceptors (Lipinski definition) is 5. The Hall–Kier alpha value is -1.65. The third kappa shape index (κ3) is 2.92. The highest BCUT2D eigenvalue weighted by Gasteiger charge is 2.72. The third-order valence-corrected chi connectivity index (χ3v) is 13.3. The molecule has 5 aliphatic carbocycles. The Morgan fingerprint density at radius 1 is 0.972 bits per heavy atom. The first kappa shape index (κ1) is 26.0. The molecule has 0 unspecified atom stereocenters. The van der Waals surface area contributed by atoms with Crippen molar-refractivity contribution < 1.29 is 19.5 Å². The van der Waals surface area contributed by atoms with Crippen LogP contribution in [0.4, 0.5) is 0 Å². The number of carbonyl (C=O) groups excluding carboxylic acids is 2. The average molecular weight is 498 g/mol. The summed E-state index contributed by atoms with van der Waals surface area (Å²) in [6.07, 6.45) is 8.81. The third-order valence-electron chi connectivity index (χ3n) is 13.3. The predicted molar refractivity (Wildman–Crippen MR) is 141 cm³/mol. The van der Waals surface area contributed by atoms with Crippen LogP contribution in [0.5, 0.6) is 0 Å². The van der Waals surface area contributed by atoms with E-state index in [-0.39, 0.29) is 39.3 Å². The van der Waals surface area contributed by atoms with Crippen molar-refractivity contribution in [3.05, 3.63) is 12.2 Å². The van der Waals surface area contributed by atoms with E-state index in [1.165, 1.54) is 5.57 Å². The zero-order chi connectivity index (χ0) is 26.5. The molecule has 9 atom stereocenters. The molecular weight excluding hydrogens is 450 g/mol. The van der Waals surface area contributed by atoms with Gasteiger partial charge in [0.1, 0.15) is 5.71 Å². The molecule has 0 amide bonds. The van der Waals surface area contributed by atoms with Crippen LogP contribution >= 0.6 is 0 Å². The number of allylic oxidation sites excluding steroid dienone is 1. The fourth-order valence-corrected chi connectivity index (χ4v) is 11.6. The number of Topliss-reactive ketones (excluding diaryl/α,β-unsaturated/α-hetero) is 1. The summed E-state index contributed by atoms with van der Waals surface area (Å²) < 4.78 is 5.47. The van der Waals surface area contributed by atoms with E-state index in [4.69, 9.17) is 4.74 Å². The Kier molecular flexibility index (Phi) is 5.72. The molecule has 0 bridgehead atoms. The van der Waals surface area contributed by atoms with Gasteiger partial charge in [-0.1, -0.05) is 51.9 Å². The van der Waals surface area contributed by atoms with Crippen molar-refractivity contribution in [3.8, 4) is 0 Å². The second-order valence-corrected chi connectivity index (χ2v) is 14.6. The first-order chi connectivity index (χ1) is 16.7. The van der Waals surface area contributed by atoms with Crippen LogP contribution in [0.15, 0.2) is 17.3 Å². The molecular formula is C31H47NO4. The Morgan fingerprint density at radius 3 is 2.28 bits per heavy atom. The Labute approximate surface area is 217 Å². The summed E-state index contributed by atoms with van der Waals surface area (Å²) >= 11 is 0. The number of esters is 1. The number of rotatable bonds is 2. The van der Waals surface area contributed by atoms with E-state index in [1.54, 1.807) is 7.11 Å². The number of methoxy groups -OCH3 is 1. The van der Waals surface area contributed by atoms with Gasteiger partial charge < -0.3 is 9.94 Å². The molecule has 5 aliphatic rings. The van der Waals surface area contributed by atoms with Crippen molar-refractivity contribution in [1.29, 1.82) is 0 Å². The quantitative estimate of drug-likeness (QED) is 0.196. The van der Waals surface area contributed by atoms with Crippen LogP contribution in [0.25, 0.3) is 0 Å². The van der Waals surface area contributed by atoms with Gasteiger partial charge in [-0.25, -0.2) is 0 Å². The summed E-state index contributed by atoms with van der Waals surface area (Å²) in [5, 5.41) is 13.3. The van der Waals surface area contributed by atoms with Gasteiger partial charge in [0.05, 0.1) is 12.5 Å². The number of oxime groups is 1. The smallest absolute Gasteiger partial charge is 0.312 e. The van der Waals surface area contributed by atoms with Crippen molar-refractivity contribution in [2.75, 3.05) is 7.11 Å². The second-order valence-electron chi connectivity index (χ2n) is 14.6. The highest BCUT2D eigenvalue weighted by atomic mass is 16.5. The van der Waals surface area contributed by atoms with Gasteiger partial charge in [-0.05, 0) is 104 Å². The first-order valence-electron chi connectivity index (χ1n) is 14.2. The topological polar surface area (TPSA) is 76.0 Å². The summed E-state index contributed by atoms with van der Waals surface area (Å²) in [5.41, 5.74) is 0.811. The van der Waals surface area contributed by atoms with Crippen molar-refractivity contribution >= 4 is 17.5 Å². The van der Waals surface area contributed by atoms with Gasteiger partial charge in [0.25, 0.3) is 0 Å². The zero-order valence-corrected chi connectivity index (χ0v) is 23.6. The van der Waals surface area contributed by atoms with Gasteiger partial charge in [0, 0.05) is 11.8 Å². The summed E-state index contributed by atoms with van der Waals surface area (Å²) in [5.74, 6) is 1.88. The molecule has 5 saturated carbocycles. The minimum atomic E-state index is -0.517. The summed E-state index contributed by atoms with van der Waals surface area (Å²) in [7, 11) is 1.56. The zero-order valence-electron chi connectivity index (χ0n) is 23.6. The van der Waals surface area contributed by atoms with Crippen molar-refractivity contribution in [2.24, 2.45) is 61.8 Å². The largest absolute Gasteiger partial charge is 0.469 e. The number of nitrogens with zero attached hydrogens (tertiary/aromatic N) is 1. The molecule has 0 aromatic rings. The molecule has 1 N–H and O–H groups in total. The molecule has 5 nitrogen and oxygen atoms in total. The Bertz CT molecular complexity index is 1030. The van der Waals surface area contributed by atoms with E-state index in [0.29, 0.717) is 35.8 Å². The van der Waals surface area contributed by atoms with Gasteiger partial charge in [-0.2, -0.15) is 0 Å². The fourth-order valence-electron chi connectivity index (χ4n) is 11.6. The van der Waals surface area contributed by atoms with Crippen molar-refractivity contribution in [3.63, 3.8) is 0 Å². The number of ether oxygens (including phenoxy) is 1. The maximum atomic E-state index is 13.4.